The average Bonchev–Trinajstić information content (AvgIpc) is 2.41. The molecule has 0 unspecified atom stereocenters. The maximum atomic E-state index is 5.94. The van der Waals surface area contributed by atoms with E-state index in [0.29, 0.717) is 0 Å². The van der Waals surface area contributed by atoms with Gasteiger partial charge in [-0.15, -0.1) is 0 Å². The van der Waals surface area contributed by atoms with Gasteiger partial charge in [-0.2, -0.15) is 0 Å². The lowest BCUT2D eigenvalue weighted by Crippen LogP contribution is -2.05. The van der Waals surface area contributed by atoms with Crippen LogP contribution in [0.5, 0.6) is 0 Å². The second kappa shape index (κ2) is 6.95. The van der Waals surface area contributed by atoms with E-state index in [1.165, 1.54) is 5.56 Å². The summed E-state index contributed by atoms with van der Waals surface area (Å²) in [4.78, 5) is 8.99. The van der Waals surface area contributed by atoms with E-state index >= 15 is 0 Å². The van der Waals surface area contributed by atoms with Gasteiger partial charge in [0.1, 0.15) is 0 Å². The Morgan fingerprint density at radius 2 is 1.85 bits per heavy atom. The highest BCUT2D eigenvalue weighted by Crippen LogP contribution is 2.18. The summed E-state index contributed by atoms with van der Waals surface area (Å²) in [6.45, 7) is 6.96. The van der Waals surface area contributed by atoms with E-state index < -0.39 is 0 Å². The Hall–Kier alpha value is -1.26. The minimum Gasteiger partial charge on any atom is -0.384 e. The molecule has 0 aliphatic heterocycles. The SMILES string of the molecule is Cc1nc(SCCNc2cccc(Cl)c2)nc(C)c1C. The van der Waals surface area contributed by atoms with Crippen LogP contribution in [0.15, 0.2) is 29.4 Å². The van der Waals surface area contributed by atoms with E-state index in [4.69, 9.17) is 11.6 Å². The second-order valence-electron chi connectivity index (χ2n) is 4.59. The molecule has 0 saturated heterocycles. The number of halogens is 1. The molecule has 20 heavy (non-hydrogen) atoms. The third kappa shape index (κ3) is 4.12. The number of thioether (sulfide) groups is 1. The van der Waals surface area contributed by atoms with Gasteiger partial charge in [-0.1, -0.05) is 29.4 Å². The van der Waals surface area contributed by atoms with Gasteiger partial charge in [-0.3, -0.25) is 0 Å². The monoisotopic (exact) mass is 307 g/mol. The minimum atomic E-state index is 0.746. The third-order valence-corrected chi connectivity index (χ3v) is 4.18. The van der Waals surface area contributed by atoms with Crippen LogP contribution in [-0.2, 0) is 0 Å². The highest BCUT2D eigenvalue weighted by Gasteiger charge is 2.04. The van der Waals surface area contributed by atoms with Gasteiger partial charge in [0, 0.05) is 34.4 Å². The minimum absolute atomic E-state index is 0.746. The van der Waals surface area contributed by atoms with Crippen molar-refractivity contribution in [2.24, 2.45) is 0 Å². The van der Waals surface area contributed by atoms with E-state index in [0.717, 1.165) is 39.6 Å². The van der Waals surface area contributed by atoms with Crippen molar-refractivity contribution < 1.29 is 0 Å². The normalized spacial score (nSPS) is 10.6. The van der Waals surface area contributed by atoms with Crippen LogP contribution in [-0.4, -0.2) is 22.3 Å². The maximum Gasteiger partial charge on any atom is 0.188 e. The number of hydrogen-bond donors (Lipinski definition) is 1. The lowest BCUT2D eigenvalue weighted by atomic mass is 10.2. The van der Waals surface area contributed by atoms with E-state index in [-0.39, 0.29) is 0 Å². The Morgan fingerprint density at radius 3 is 2.50 bits per heavy atom. The molecule has 0 bridgehead atoms. The Labute approximate surface area is 129 Å². The number of rotatable bonds is 5. The summed E-state index contributed by atoms with van der Waals surface area (Å²) in [6.07, 6.45) is 0. The van der Waals surface area contributed by atoms with Gasteiger partial charge in [0.2, 0.25) is 0 Å². The van der Waals surface area contributed by atoms with Crippen LogP contribution in [0.4, 0.5) is 5.69 Å². The summed E-state index contributed by atoms with van der Waals surface area (Å²) in [7, 11) is 0. The van der Waals surface area contributed by atoms with Crippen molar-refractivity contribution >= 4 is 29.1 Å². The number of hydrogen-bond acceptors (Lipinski definition) is 4. The van der Waals surface area contributed by atoms with Crippen molar-refractivity contribution in [3.05, 3.63) is 46.2 Å². The van der Waals surface area contributed by atoms with E-state index in [9.17, 15) is 0 Å². The van der Waals surface area contributed by atoms with Crippen molar-refractivity contribution in [2.75, 3.05) is 17.6 Å². The predicted molar refractivity (Wildman–Crippen MR) is 86.9 cm³/mol. The van der Waals surface area contributed by atoms with Crippen molar-refractivity contribution in [2.45, 2.75) is 25.9 Å². The molecule has 0 aliphatic rings. The van der Waals surface area contributed by atoms with Crippen molar-refractivity contribution in [1.29, 1.82) is 0 Å². The summed E-state index contributed by atoms with van der Waals surface area (Å²) in [6, 6.07) is 7.73. The van der Waals surface area contributed by atoms with Gasteiger partial charge < -0.3 is 5.32 Å². The van der Waals surface area contributed by atoms with E-state index in [2.05, 4.69) is 22.2 Å². The molecule has 1 aromatic heterocycles. The lowest BCUT2D eigenvalue weighted by Gasteiger charge is -2.08. The first kappa shape index (κ1) is 15.1. The highest BCUT2D eigenvalue weighted by atomic mass is 35.5. The number of anilines is 1. The number of aryl methyl sites for hydroxylation is 2. The van der Waals surface area contributed by atoms with Crippen LogP contribution >= 0.6 is 23.4 Å². The van der Waals surface area contributed by atoms with E-state index in [1.54, 1.807) is 11.8 Å². The summed E-state index contributed by atoms with van der Waals surface area (Å²) in [5, 5.41) is 4.93. The first-order chi connectivity index (χ1) is 9.56. The Kier molecular flexibility index (Phi) is 5.26. The molecule has 3 nitrogen and oxygen atoms in total. The van der Waals surface area contributed by atoms with Gasteiger partial charge >= 0.3 is 0 Å². The first-order valence-electron chi connectivity index (χ1n) is 6.50. The zero-order valence-electron chi connectivity index (χ0n) is 11.9. The van der Waals surface area contributed by atoms with Crippen LogP contribution in [0.3, 0.4) is 0 Å². The summed E-state index contributed by atoms with van der Waals surface area (Å²) < 4.78 is 0. The van der Waals surface area contributed by atoms with Gasteiger partial charge in [0.05, 0.1) is 0 Å². The summed E-state index contributed by atoms with van der Waals surface area (Å²) >= 11 is 7.60. The Morgan fingerprint density at radius 1 is 1.15 bits per heavy atom. The largest absolute Gasteiger partial charge is 0.384 e. The Balaban J connectivity index is 1.84. The van der Waals surface area contributed by atoms with Crippen LogP contribution in [0.25, 0.3) is 0 Å². The number of nitrogens with zero attached hydrogens (tertiary/aromatic N) is 2. The molecule has 2 aromatic rings. The molecule has 0 amide bonds. The van der Waals surface area contributed by atoms with Crippen LogP contribution in [0.1, 0.15) is 17.0 Å². The van der Waals surface area contributed by atoms with Gasteiger partial charge in [-0.05, 0) is 44.5 Å². The number of benzene rings is 1. The fourth-order valence-electron chi connectivity index (χ4n) is 1.74. The van der Waals surface area contributed by atoms with Crippen molar-refractivity contribution in [3.63, 3.8) is 0 Å². The third-order valence-electron chi connectivity index (χ3n) is 3.10. The van der Waals surface area contributed by atoms with Crippen LogP contribution < -0.4 is 5.32 Å². The fraction of sp³-hybridized carbons (Fsp3) is 0.333. The standard InChI is InChI=1S/C15H18ClN3S/c1-10-11(2)18-15(19-12(10)3)20-8-7-17-14-6-4-5-13(16)9-14/h4-6,9,17H,7-8H2,1-3H3. The van der Waals surface area contributed by atoms with Gasteiger partial charge in [-0.25, -0.2) is 9.97 Å². The topological polar surface area (TPSA) is 37.8 Å². The molecule has 1 aromatic carbocycles. The molecular weight excluding hydrogens is 290 g/mol. The molecule has 0 saturated carbocycles. The average molecular weight is 308 g/mol. The molecule has 106 valence electrons. The number of nitrogens with one attached hydrogen (secondary N) is 1. The molecule has 0 spiro atoms. The molecule has 5 heteroatoms. The molecule has 1 heterocycles. The second-order valence-corrected chi connectivity index (χ2v) is 6.09. The van der Waals surface area contributed by atoms with Crippen LogP contribution in [0, 0.1) is 20.8 Å². The lowest BCUT2D eigenvalue weighted by molar-refractivity contribution is 0.880. The van der Waals surface area contributed by atoms with Gasteiger partial charge in [0.25, 0.3) is 0 Å². The zero-order valence-corrected chi connectivity index (χ0v) is 13.5. The molecule has 1 N–H and O–H groups in total. The van der Waals surface area contributed by atoms with Gasteiger partial charge in [0.15, 0.2) is 5.16 Å². The summed E-state index contributed by atoms with van der Waals surface area (Å²) in [5.41, 5.74) is 4.33. The Bertz CT molecular complexity index is 578. The number of aromatic nitrogens is 2. The van der Waals surface area contributed by atoms with Crippen LogP contribution in [0.2, 0.25) is 5.02 Å². The highest BCUT2D eigenvalue weighted by molar-refractivity contribution is 7.99. The smallest absolute Gasteiger partial charge is 0.188 e. The van der Waals surface area contributed by atoms with Crippen molar-refractivity contribution in [3.8, 4) is 0 Å². The molecular formula is C15H18ClN3S. The molecule has 0 aliphatic carbocycles. The molecule has 0 atom stereocenters. The molecule has 0 fully saturated rings. The fourth-order valence-corrected chi connectivity index (χ4v) is 2.72. The quantitative estimate of drug-likeness (QED) is 0.509. The van der Waals surface area contributed by atoms with Crippen molar-refractivity contribution in [1.82, 2.24) is 9.97 Å². The summed E-state index contributed by atoms with van der Waals surface area (Å²) in [5.74, 6) is 0.911. The molecule has 2 rings (SSSR count). The maximum absolute atomic E-state index is 5.94. The first-order valence-corrected chi connectivity index (χ1v) is 7.86. The van der Waals surface area contributed by atoms with E-state index in [1.807, 2.05) is 38.1 Å². The zero-order chi connectivity index (χ0) is 14.5. The molecule has 0 radical (unpaired) electrons. The predicted octanol–water partition coefficient (Wildman–Crippen LogP) is 4.26.